The second-order valence-electron chi connectivity index (χ2n) is 12.5. The maximum atomic E-state index is 13.8. The van der Waals surface area contributed by atoms with Gasteiger partial charge in [-0.25, -0.2) is 0 Å². The van der Waals surface area contributed by atoms with Gasteiger partial charge in [0.05, 0.1) is 18.2 Å². The van der Waals surface area contributed by atoms with Gasteiger partial charge in [0, 0.05) is 17.0 Å². The van der Waals surface area contributed by atoms with Gasteiger partial charge in [0.25, 0.3) is 11.8 Å². The molecule has 52 heavy (non-hydrogen) atoms. The van der Waals surface area contributed by atoms with Crippen molar-refractivity contribution < 1.29 is 34.4 Å². The number of aliphatic hydroxyl groups excluding tert-OH is 3. The molecule has 12 nitrogen and oxygen atoms in total. The summed E-state index contributed by atoms with van der Waals surface area (Å²) in [5.41, 5.74) is 1.39. The van der Waals surface area contributed by atoms with E-state index < -0.39 is 59.6 Å². The van der Waals surface area contributed by atoms with Gasteiger partial charge in [-0.2, -0.15) is 0 Å². The SMILES string of the molecule is CC(O)[C@H](NC(=O)c1cc(=O)c2ccccc2[nH]1)C(=O)N[C@@H](Cc1ccccc1)[C@H](O)[C@@H](O)[C@@H](Cc1ccccc1)NC(=O)COc1ccccc1. The molecule has 0 aliphatic rings. The highest BCUT2D eigenvalue weighted by molar-refractivity contribution is 5.98. The fourth-order valence-electron chi connectivity index (χ4n) is 5.86. The molecule has 0 aliphatic heterocycles. The van der Waals surface area contributed by atoms with Gasteiger partial charge in [-0.3, -0.25) is 19.2 Å². The van der Waals surface area contributed by atoms with Crippen LogP contribution in [0.3, 0.4) is 0 Å². The molecule has 3 amide bonds. The normalized spacial score (nSPS) is 14.6. The molecule has 0 aliphatic carbocycles. The minimum absolute atomic E-state index is 0.0480. The topological polar surface area (TPSA) is 190 Å². The third-order valence-corrected chi connectivity index (χ3v) is 8.59. The average Bonchev–Trinajstić information content (AvgIpc) is 3.16. The Balaban J connectivity index is 1.36. The molecule has 0 bridgehead atoms. The maximum absolute atomic E-state index is 13.8. The number of rotatable bonds is 16. The second-order valence-corrected chi connectivity index (χ2v) is 12.5. The monoisotopic (exact) mass is 706 g/mol. The molecular formula is C40H42N4O8. The number of H-pyrrole nitrogens is 1. The van der Waals surface area contributed by atoms with Crippen LogP contribution in [-0.4, -0.2) is 81.1 Å². The highest BCUT2D eigenvalue weighted by atomic mass is 16.5. The number of aromatic amines is 1. The number of benzene rings is 4. The first kappa shape index (κ1) is 37.4. The van der Waals surface area contributed by atoms with Crippen LogP contribution in [0.1, 0.15) is 28.5 Å². The van der Waals surface area contributed by atoms with E-state index in [9.17, 15) is 34.5 Å². The smallest absolute Gasteiger partial charge is 0.268 e. The number of fused-ring (bicyclic) bond motifs is 1. The Morgan fingerprint density at radius 2 is 1.21 bits per heavy atom. The molecule has 0 spiro atoms. The third kappa shape index (κ3) is 10.1. The van der Waals surface area contributed by atoms with E-state index in [0.717, 1.165) is 11.6 Å². The van der Waals surface area contributed by atoms with Crippen LogP contribution < -0.4 is 26.1 Å². The van der Waals surface area contributed by atoms with Crippen molar-refractivity contribution in [3.8, 4) is 5.75 Å². The molecule has 1 heterocycles. The number of hydrogen-bond donors (Lipinski definition) is 7. The number of nitrogens with one attached hydrogen (secondary N) is 4. The molecule has 7 N–H and O–H groups in total. The predicted molar refractivity (Wildman–Crippen MR) is 196 cm³/mol. The number of aromatic nitrogens is 1. The standard InChI is InChI=1S/C40H42N4O8/c1-25(45)36(44-39(50)33-23-34(46)29-19-11-12-20-30(29)41-33)40(51)43-32(22-27-15-7-3-8-16-27)38(49)37(48)31(21-26-13-5-2-6-14-26)42-35(47)24-52-28-17-9-4-10-18-28/h2-20,23,25,31-32,36-38,45,48-49H,21-22,24H2,1H3,(H,41,46)(H,42,47)(H,43,51)(H,44,50)/t25?,31-,32+,36+,37+,38+/m1/s1. The number of pyridine rings is 1. The number of para-hydroxylation sites is 2. The minimum Gasteiger partial charge on any atom is -0.484 e. The highest BCUT2D eigenvalue weighted by Gasteiger charge is 2.36. The molecule has 5 aromatic rings. The summed E-state index contributed by atoms with van der Waals surface area (Å²) < 4.78 is 5.59. The summed E-state index contributed by atoms with van der Waals surface area (Å²) in [5.74, 6) is -1.72. The van der Waals surface area contributed by atoms with Gasteiger partial charge in [-0.1, -0.05) is 91.0 Å². The summed E-state index contributed by atoms with van der Waals surface area (Å²) in [5, 5.41) is 42.4. The Hall–Kier alpha value is -5.82. The first-order valence-corrected chi connectivity index (χ1v) is 16.9. The van der Waals surface area contributed by atoms with Gasteiger partial charge < -0.3 is 41.0 Å². The molecule has 0 saturated heterocycles. The van der Waals surface area contributed by atoms with Gasteiger partial charge in [0.1, 0.15) is 29.7 Å². The van der Waals surface area contributed by atoms with Crippen molar-refractivity contribution in [2.45, 2.75) is 56.2 Å². The zero-order valence-corrected chi connectivity index (χ0v) is 28.5. The van der Waals surface area contributed by atoms with Crippen molar-refractivity contribution in [2.24, 2.45) is 0 Å². The van der Waals surface area contributed by atoms with Crippen LogP contribution in [0.5, 0.6) is 5.75 Å². The second kappa shape index (κ2) is 17.9. The first-order valence-electron chi connectivity index (χ1n) is 16.9. The molecule has 270 valence electrons. The molecule has 0 radical (unpaired) electrons. The van der Waals surface area contributed by atoms with Gasteiger partial charge in [-0.15, -0.1) is 0 Å². The molecule has 6 atom stereocenters. The number of aliphatic hydroxyl groups is 3. The molecule has 4 aromatic carbocycles. The Bertz CT molecular complexity index is 1990. The fourth-order valence-corrected chi connectivity index (χ4v) is 5.86. The van der Waals surface area contributed by atoms with Crippen LogP contribution in [0.15, 0.2) is 126 Å². The minimum atomic E-state index is -1.64. The largest absolute Gasteiger partial charge is 0.484 e. The van der Waals surface area contributed by atoms with E-state index in [1.165, 1.54) is 6.92 Å². The van der Waals surface area contributed by atoms with E-state index in [1.807, 2.05) is 36.4 Å². The summed E-state index contributed by atoms with van der Waals surface area (Å²) >= 11 is 0. The summed E-state index contributed by atoms with van der Waals surface area (Å²) in [6.45, 7) is 0.967. The van der Waals surface area contributed by atoms with Gasteiger partial charge >= 0.3 is 0 Å². The van der Waals surface area contributed by atoms with E-state index in [4.69, 9.17) is 4.74 Å². The number of hydrogen-bond acceptors (Lipinski definition) is 8. The van der Waals surface area contributed by atoms with Crippen molar-refractivity contribution in [2.75, 3.05) is 6.61 Å². The van der Waals surface area contributed by atoms with Crippen LogP contribution in [-0.2, 0) is 22.4 Å². The predicted octanol–water partition coefficient (Wildman–Crippen LogP) is 2.26. The summed E-state index contributed by atoms with van der Waals surface area (Å²) in [6.07, 6.45) is -4.46. The van der Waals surface area contributed by atoms with Gasteiger partial charge in [-0.05, 0) is 55.2 Å². The van der Waals surface area contributed by atoms with E-state index in [1.54, 1.807) is 78.9 Å². The molecule has 1 unspecified atom stereocenters. The Labute approximate surface area is 300 Å². The van der Waals surface area contributed by atoms with E-state index >= 15 is 0 Å². The summed E-state index contributed by atoms with van der Waals surface area (Å²) in [7, 11) is 0. The zero-order chi connectivity index (χ0) is 37.0. The zero-order valence-electron chi connectivity index (χ0n) is 28.5. The highest BCUT2D eigenvalue weighted by Crippen LogP contribution is 2.16. The average molecular weight is 707 g/mol. The Morgan fingerprint density at radius 1 is 0.692 bits per heavy atom. The van der Waals surface area contributed by atoms with Crippen LogP contribution in [0.2, 0.25) is 0 Å². The number of ether oxygens (including phenoxy) is 1. The van der Waals surface area contributed by atoms with Gasteiger partial charge in [0.2, 0.25) is 5.91 Å². The lowest BCUT2D eigenvalue weighted by Gasteiger charge is -2.34. The summed E-state index contributed by atoms with van der Waals surface area (Å²) in [4.78, 5) is 55.6. The molecule has 0 saturated carbocycles. The van der Waals surface area contributed by atoms with Crippen LogP contribution in [0.25, 0.3) is 10.9 Å². The first-order chi connectivity index (χ1) is 25.1. The lowest BCUT2D eigenvalue weighted by Crippen LogP contribution is -2.61. The maximum Gasteiger partial charge on any atom is 0.268 e. The lowest BCUT2D eigenvalue weighted by atomic mass is 9.90. The van der Waals surface area contributed by atoms with Crippen molar-refractivity contribution >= 4 is 28.6 Å². The van der Waals surface area contributed by atoms with Crippen molar-refractivity contribution in [3.05, 3.63) is 148 Å². The molecule has 5 rings (SSSR count). The van der Waals surface area contributed by atoms with Crippen LogP contribution in [0, 0.1) is 0 Å². The Kier molecular flexibility index (Phi) is 12.9. The number of carbonyl (C=O) groups is 3. The van der Waals surface area contributed by atoms with Crippen LogP contribution in [0.4, 0.5) is 0 Å². The molecular weight excluding hydrogens is 664 g/mol. The van der Waals surface area contributed by atoms with E-state index in [-0.39, 0.29) is 25.1 Å². The van der Waals surface area contributed by atoms with Crippen molar-refractivity contribution in [1.29, 1.82) is 0 Å². The van der Waals surface area contributed by atoms with Crippen molar-refractivity contribution in [1.82, 2.24) is 20.9 Å². The quantitative estimate of drug-likeness (QED) is 0.0813. The lowest BCUT2D eigenvalue weighted by molar-refractivity contribution is -0.129. The number of amides is 3. The van der Waals surface area contributed by atoms with E-state index in [2.05, 4.69) is 20.9 Å². The molecule has 12 heteroatoms. The Morgan fingerprint density at radius 3 is 1.79 bits per heavy atom. The van der Waals surface area contributed by atoms with Crippen molar-refractivity contribution in [3.63, 3.8) is 0 Å². The third-order valence-electron chi connectivity index (χ3n) is 8.59. The summed E-state index contributed by atoms with van der Waals surface area (Å²) in [6, 6.07) is 30.9. The number of carbonyl (C=O) groups excluding carboxylic acids is 3. The van der Waals surface area contributed by atoms with Crippen LogP contribution >= 0.6 is 0 Å². The van der Waals surface area contributed by atoms with Gasteiger partial charge in [0.15, 0.2) is 12.0 Å². The van der Waals surface area contributed by atoms with E-state index in [0.29, 0.717) is 22.2 Å². The molecule has 1 aromatic heterocycles. The fraction of sp³-hybridized carbons (Fsp3) is 0.250. The molecule has 0 fully saturated rings.